The van der Waals surface area contributed by atoms with Crippen molar-refractivity contribution in [1.29, 1.82) is 0 Å². The maximum absolute atomic E-state index is 13.4. The van der Waals surface area contributed by atoms with Gasteiger partial charge in [0, 0.05) is 36.5 Å². The molecule has 1 aliphatic rings. The first-order chi connectivity index (χ1) is 20.6. The summed E-state index contributed by atoms with van der Waals surface area (Å²) in [6.07, 6.45) is 1.65. The maximum atomic E-state index is 13.4. The van der Waals surface area contributed by atoms with Crippen molar-refractivity contribution in [2.45, 2.75) is 24.5 Å². The van der Waals surface area contributed by atoms with Gasteiger partial charge in [0.1, 0.15) is 26.4 Å². The van der Waals surface area contributed by atoms with E-state index in [2.05, 4.69) is 0 Å². The molecule has 9 nitrogen and oxygen atoms in total. The van der Waals surface area contributed by atoms with E-state index in [1.165, 1.54) is 38.0 Å². The summed E-state index contributed by atoms with van der Waals surface area (Å²) in [5.41, 5.74) is 0.894. The quantitative estimate of drug-likeness (QED) is 0.126. The first-order valence-electron chi connectivity index (χ1n) is 13.2. The second-order valence-corrected chi connectivity index (χ2v) is 12.2. The number of ether oxygens (including phenoxy) is 3. The predicted octanol–water partition coefficient (Wildman–Crippen LogP) is 5.68. The van der Waals surface area contributed by atoms with Crippen LogP contribution in [0.2, 0.25) is 10.0 Å². The van der Waals surface area contributed by atoms with Crippen molar-refractivity contribution in [3.63, 3.8) is 0 Å². The van der Waals surface area contributed by atoms with Gasteiger partial charge in [0.05, 0.1) is 14.2 Å². The number of methoxy groups -OCH3 is 2. The third-order valence-electron chi connectivity index (χ3n) is 7.44. The fourth-order valence-corrected chi connectivity index (χ4v) is 6.73. The van der Waals surface area contributed by atoms with Crippen LogP contribution in [0.15, 0.2) is 73.1 Å². The van der Waals surface area contributed by atoms with Gasteiger partial charge in [-0.1, -0.05) is 59.6 Å². The van der Waals surface area contributed by atoms with Crippen molar-refractivity contribution in [1.82, 2.24) is 4.90 Å². The molecule has 3 heterocycles. The van der Waals surface area contributed by atoms with Crippen LogP contribution in [-0.2, 0) is 27.9 Å². The van der Waals surface area contributed by atoms with E-state index in [-0.39, 0.29) is 16.5 Å². The molecule has 0 aliphatic carbocycles. The number of aromatic nitrogens is 1. The summed E-state index contributed by atoms with van der Waals surface area (Å²) in [7, 11) is 3.03. The van der Waals surface area contributed by atoms with Gasteiger partial charge in [-0.15, -0.1) is 11.3 Å². The van der Waals surface area contributed by atoms with E-state index in [1.807, 2.05) is 41.3 Å². The molecule has 0 bridgehead atoms. The fourth-order valence-electron chi connectivity index (χ4n) is 5.20. The number of aliphatic carboxylic acids is 1. The van der Waals surface area contributed by atoms with E-state index in [4.69, 9.17) is 37.4 Å². The van der Waals surface area contributed by atoms with E-state index in [0.717, 1.165) is 10.4 Å². The van der Waals surface area contributed by atoms with Crippen molar-refractivity contribution in [3.8, 4) is 11.5 Å². The average molecular weight is 644 g/mol. The highest BCUT2D eigenvalue weighted by Crippen LogP contribution is 2.38. The van der Waals surface area contributed by atoms with Crippen molar-refractivity contribution in [2.75, 3.05) is 27.3 Å². The van der Waals surface area contributed by atoms with E-state index in [0.29, 0.717) is 51.9 Å². The summed E-state index contributed by atoms with van der Waals surface area (Å²) in [4.78, 5) is 28.9. The van der Waals surface area contributed by atoms with Crippen LogP contribution in [-0.4, -0.2) is 49.3 Å². The van der Waals surface area contributed by atoms with Crippen LogP contribution in [0, 0.1) is 5.21 Å². The molecule has 0 saturated carbocycles. The minimum absolute atomic E-state index is 0.0997. The normalized spacial score (nSPS) is 14.9. The van der Waals surface area contributed by atoms with Crippen molar-refractivity contribution < 1.29 is 33.6 Å². The van der Waals surface area contributed by atoms with Crippen LogP contribution in [0.1, 0.15) is 37.3 Å². The molecule has 224 valence electrons. The van der Waals surface area contributed by atoms with E-state index < -0.39 is 23.5 Å². The van der Waals surface area contributed by atoms with Crippen LogP contribution in [0.3, 0.4) is 0 Å². The highest BCUT2D eigenvalue weighted by atomic mass is 35.5. The Balaban J connectivity index is 1.33. The standard InChI is InChI=1S/C31H28Cl2N2O7S/c1-40-25-10-8-19(12-27(25)41-2)26(13-22-23(32)15-35(39)16-24(22)33)42-29(36)28-11-9-21(43-28)14-34-17-31(18-34,30(37)38)20-6-4-3-5-7-20/h3-12,15-16,26H,13-14,17-18H2,1-2H3,(H,37,38)/t26-/m0/s1. The van der Waals surface area contributed by atoms with Crippen molar-refractivity contribution >= 4 is 46.5 Å². The predicted molar refractivity (Wildman–Crippen MR) is 162 cm³/mol. The summed E-state index contributed by atoms with van der Waals surface area (Å²) in [6.45, 7) is 1.24. The van der Waals surface area contributed by atoms with Gasteiger partial charge < -0.3 is 24.5 Å². The Morgan fingerprint density at radius 3 is 2.33 bits per heavy atom. The Hall–Kier alpha value is -3.83. The molecule has 2 aromatic heterocycles. The van der Waals surface area contributed by atoms with Gasteiger partial charge >= 0.3 is 11.9 Å². The van der Waals surface area contributed by atoms with Crippen LogP contribution in [0.25, 0.3) is 0 Å². The molecule has 1 aliphatic heterocycles. The highest BCUT2D eigenvalue weighted by Gasteiger charge is 2.50. The Morgan fingerprint density at radius 1 is 1.02 bits per heavy atom. The minimum atomic E-state index is -0.946. The lowest BCUT2D eigenvalue weighted by molar-refractivity contribution is -0.605. The van der Waals surface area contributed by atoms with Gasteiger partial charge in [-0.3, -0.25) is 9.69 Å². The SMILES string of the molecule is COc1ccc([C@H](Cc2c(Cl)c[n+]([O-])cc2Cl)OC(=O)c2ccc(CN3CC(C(=O)O)(c4ccccc4)C3)s2)cc1OC. The molecule has 12 heteroatoms. The Bertz CT molecular complexity index is 1620. The minimum Gasteiger partial charge on any atom is -0.619 e. The number of carbonyl (C=O) groups excluding carboxylic acids is 1. The number of likely N-dealkylation sites (tertiary alicyclic amines) is 1. The molecule has 0 radical (unpaired) electrons. The first-order valence-corrected chi connectivity index (χ1v) is 14.8. The van der Waals surface area contributed by atoms with Crippen molar-refractivity contribution in [3.05, 3.63) is 115 Å². The number of carboxylic acids is 1. The topological polar surface area (TPSA) is 112 Å². The summed E-state index contributed by atoms with van der Waals surface area (Å²) in [6, 6.07) is 17.9. The smallest absolute Gasteiger partial charge is 0.348 e. The number of rotatable bonds is 11. The Morgan fingerprint density at radius 2 is 1.70 bits per heavy atom. The number of hydrogen-bond acceptors (Lipinski definition) is 8. The molecule has 1 N–H and O–H groups in total. The second-order valence-electron chi connectivity index (χ2n) is 10.2. The highest BCUT2D eigenvalue weighted by molar-refractivity contribution is 7.13. The molecule has 0 unspecified atom stereocenters. The molecule has 1 saturated heterocycles. The molecule has 5 rings (SSSR count). The van der Waals surface area contributed by atoms with Crippen LogP contribution < -0.4 is 14.2 Å². The fraction of sp³-hybridized carbons (Fsp3) is 0.258. The number of carbonyl (C=O) groups is 2. The first kappa shape index (κ1) is 30.6. The second kappa shape index (κ2) is 12.8. The molecule has 0 amide bonds. The monoisotopic (exact) mass is 642 g/mol. The number of carboxylic acid groups (broad SMARTS) is 1. The maximum Gasteiger partial charge on any atom is 0.348 e. The Kier molecular flexibility index (Phi) is 9.12. The van der Waals surface area contributed by atoms with Crippen LogP contribution in [0.5, 0.6) is 11.5 Å². The molecule has 0 spiro atoms. The van der Waals surface area contributed by atoms with Gasteiger partial charge in [0.25, 0.3) is 0 Å². The number of halogens is 2. The lowest BCUT2D eigenvalue weighted by Gasteiger charge is -2.47. The number of pyridine rings is 1. The number of nitrogens with zero attached hydrogens (tertiary/aromatic N) is 2. The third kappa shape index (κ3) is 6.42. The zero-order chi connectivity index (χ0) is 30.7. The van der Waals surface area contributed by atoms with E-state index >= 15 is 0 Å². The zero-order valence-electron chi connectivity index (χ0n) is 23.3. The molecular formula is C31H28Cl2N2O7S. The largest absolute Gasteiger partial charge is 0.619 e. The van der Waals surface area contributed by atoms with Gasteiger partial charge in [0.15, 0.2) is 23.9 Å². The molecule has 1 atom stereocenters. The number of esters is 1. The van der Waals surface area contributed by atoms with Crippen molar-refractivity contribution in [2.24, 2.45) is 0 Å². The van der Waals surface area contributed by atoms with E-state index in [1.54, 1.807) is 24.3 Å². The van der Waals surface area contributed by atoms with Gasteiger partial charge in [0.2, 0.25) is 0 Å². The molecular weight excluding hydrogens is 615 g/mol. The van der Waals surface area contributed by atoms with Gasteiger partial charge in [-0.05, 0) is 35.4 Å². The molecule has 2 aromatic carbocycles. The molecule has 43 heavy (non-hydrogen) atoms. The van der Waals surface area contributed by atoms with Crippen LogP contribution >= 0.6 is 34.5 Å². The van der Waals surface area contributed by atoms with Crippen LogP contribution in [0.4, 0.5) is 0 Å². The third-order valence-corrected chi connectivity index (χ3v) is 9.14. The van der Waals surface area contributed by atoms with Gasteiger partial charge in [-0.25, -0.2) is 4.79 Å². The zero-order valence-corrected chi connectivity index (χ0v) is 25.6. The van der Waals surface area contributed by atoms with E-state index in [9.17, 15) is 19.9 Å². The van der Waals surface area contributed by atoms with Gasteiger partial charge in [-0.2, -0.15) is 4.73 Å². The summed E-state index contributed by atoms with van der Waals surface area (Å²) < 4.78 is 17.3. The summed E-state index contributed by atoms with van der Waals surface area (Å²) >= 11 is 14.0. The molecule has 4 aromatic rings. The number of benzene rings is 2. The Labute approximate surface area is 262 Å². The average Bonchev–Trinajstić information content (AvgIpc) is 3.44. The number of hydrogen-bond donors (Lipinski definition) is 1. The summed E-state index contributed by atoms with van der Waals surface area (Å²) in [5, 5.41) is 22.0. The lowest BCUT2D eigenvalue weighted by Crippen LogP contribution is -2.62. The molecule has 1 fully saturated rings. The number of thiophene rings is 1. The summed E-state index contributed by atoms with van der Waals surface area (Å²) in [5.74, 6) is -0.446. The lowest BCUT2D eigenvalue weighted by atomic mass is 9.73.